The van der Waals surface area contributed by atoms with Crippen LogP contribution in [0.25, 0.3) is 10.9 Å². The molecule has 1 aliphatic carbocycles. The quantitative estimate of drug-likeness (QED) is 0.436. The first-order valence-corrected chi connectivity index (χ1v) is 14.8. The largest absolute Gasteiger partial charge is 0.350 e. The Bertz CT molecular complexity index is 1410. The van der Waals surface area contributed by atoms with Crippen LogP contribution in [0.3, 0.4) is 0 Å². The minimum Gasteiger partial charge on any atom is -0.350 e. The number of piperidine rings is 1. The average Bonchev–Trinajstić information content (AvgIpc) is 3.51. The molecule has 0 unspecified atom stereocenters. The van der Waals surface area contributed by atoms with Gasteiger partial charge in [-0.1, -0.05) is 38.8 Å². The van der Waals surface area contributed by atoms with E-state index in [9.17, 15) is 17.6 Å². The Balaban J connectivity index is 1.37. The number of nitrogens with zero attached hydrogens (tertiary/aromatic N) is 2. The molecule has 1 N–H and O–H groups in total. The summed E-state index contributed by atoms with van der Waals surface area (Å²) in [4.78, 5) is 14.9. The highest BCUT2D eigenvalue weighted by molar-refractivity contribution is 7.92. The molecule has 1 saturated heterocycles. The van der Waals surface area contributed by atoms with E-state index in [0.717, 1.165) is 54.9 Å². The highest BCUT2D eigenvalue weighted by atomic mass is 32.2. The molecule has 0 bridgehead atoms. The molecule has 2 aromatic carbocycles. The summed E-state index contributed by atoms with van der Waals surface area (Å²) in [5.41, 5.74) is 2.56. The van der Waals surface area contributed by atoms with Crippen molar-refractivity contribution in [3.8, 4) is 0 Å². The maximum Gasteiger partial charge on any atom is 0.264 e. The second-order valence-corrected chi connectivity index (χ2v) is 12.6. The van der Waals surface area contributed by atoms with Gasteiger partial charge in [0, 0.05) is 48.8 Å². The Hall–Kier alpha value is -2.87. The number of sulfonamides is 1. The van der Waals surface area contributed by atoms with Gasteiger partial charge in [0.2, 0.25) is 5.91 Å². The number of amides is 1. The minimum absolute atomic E-state index is 0.0915. The molecule has 198 valence electrons. The standard InChI is InChI=1S/C29H36FN3O3S/c1-19-17-33(29(34)20(2)21-8-4-5-9-21)15-14-23(19)25-18-32(3)27-13-12-22(16-24(25)27)31-37(35,36)28-11-7-6-10-26(28)30/h6-7,10-13,16,18-21,23,31H,4-5,8-9,14-15,17H2,1-3H3/t19-,20+,23+/m0/s1. The van der Waals surface area contributed by atoms with Crippen LogP contribution >= 0.6 is 0 Å². The lowest BCUT2D eigenvalue weighted by molar-refractivity contribution is -0.138. The number of halogens is 1. The number of anilines is 1. The lowest BCUT2D eigenvalue weighted by Gasteiger charge is -2.39. The monoisotopic (exact) mass is 525 g/mol. The number of aromatic nitrogens is 1. The highest BCUT2D eigenvalue weighted by Gasteiger charge is 2.35. The van der Waals surface area contributed by atoms with Gasteiger partial charge in [-0.25, -0.2) is 12.8 Å². The molecule has 2 aliphatic rings. The van der Waals surface area contributed by atoms with E-state index >= 15 is 0 Å². The Morgan fingerprint density at radius 1 is 1.11 bits per heavy atom. The van der Waals surface area contributed by atoms with Gasteiger partial charge in [0.25, 0.3) is 10.0 Å². The smallest absolute Gasteiger partial charge is 0.264 e. The van der Waals surface area contributed by atoms with Crippen LogP contribution in [0.2, 0.25) is 0 Å². The van der Waals surface area contributed by atoms with Crippen LogP contribution in [-0.2, 0) is 21.9 Å². The lowest BCUT2D eigenvalue weighted by atomic mass is 9.80. The molecule has 2 heterocycles. The van der Waals surface area contributed by atoms with Crippen molar-refractivity contribution in [2.75, 3.05) is 17.8 Å². The molecular formula is C29H36FN3O3S. The minimum atomic E-state index is -4.06. The van der Waals surface area contributed by atoms with E-state index in [1.807, 2.05) is 19.2 Å². The zero-order valence-electron chi connectivity index (χ0n) is 21.8. The third-order valence-corrected chi connectivity index (χ3v) is 9.93. The van der Waals surface area contributed by atoms with Gasteiger partial charge >= 0.3 is 0 Å². The molecule has 8 heteroatoms. The van der Waals surface area contributed by atoms with E-state index < -0.39 is 15.8 Å². The van der Waals surface area contributed by atoms with Gasteiger partial charge in [-0.2, -0.15) is 0 Å². The third kappa shape index (κ3) is 5.00. The molecule has 1 aliphatic heterocycles. The number of likely N-dealkylation sites (tertiary alicyclic amines) is 1. The van der Waals surface area contributed by atoms with E-state index in [4.69, 9.17) is 0 Å². The molecular weight excluding hydrogens is 489 g/mol. The molecule has 1 aromatic heterocycles. The first-order chi connectivity index (χ1) is 17.7. The van der Waals surface area contributed by atoms with Crippen molar-refractivity contribution in [3.05, 3.63) is 60.0 Å². The SMILES string of the molecule is C[C@@H](C(=O)N1CC[C@@H](c2cn(C)c3ccc(NS(=O)(=O)c4ccccc4F)cc23)[C@@H](C)C1)C1CCCC1. The molecule has 6 nitrogen and oxygen atoms in total. The second kappa shape index (κ2) is 10.1. The van der Waals surface area contributed by atoms with Crippen molar-refractivity contribution >= 4 is 32.5 Å². The number of fused-ring (bicyclic) bond motifs is 1. The van der Waals surface area contributed by atoms with Gasteiger partial charge in [0.05, 0.1) is 0 Å². The van der Waals surface area contributed by atoms with Crippen LogP contribution in [0.4, 0.5) is 10.1 Å². The van der Waals surface area contributed by atoms with E-state index in [0.29, 0.717) is 17.5 Å². The van der Waals surface area contributed by atoms with Crippen molar-refractivity contribution in [2.24, 2.45) is 24.8 Å². The fourth-order valence-corrected chi connectivity index (χ4v) is 7.54. The maximum absolute atomic E-state index is 14.2. The Morgan fingerprint density at radius 3 is 2.54 bits per heavy atom. The van der Waals surface area contributed by atoms with E-state index in [-0.39, 0.29) is 22.6 Å². The fourth-order valence-electron chi connectivity index (χ4n) is 6.41. The molecule has 0 spiro atoms. The van der Waals surface area contributed by atoms with Gasteiger partial charge in [0.15, 0.2) is 0 Å². The lowest BCUT2D eigenvalue weighted by Crippen LogP contribution is -2.45. The zero-order chi connectivity index (χ0) is 26.3. The van der Waals surface area contributed by atoms with Gasteiger partial charge in [-0.3, -0.25) is 9.52 Å². The summed E-state index contributed by atoms with van der Waals surface area (Å²) < 4.78 is 44.5. The topological polar surface area (TPSA) is 71.4 Å². The Morgan fingerprint density at radius 2 is 1.84 bits per heavy atom. The fraction of sp³-hybridized carbons (Fsp3) is 0.483. The summed E-state index contributed by atoms with van der Waals surface area (Å²) in [5.74, 6) is 0.651. The summed E-state index contributed by atoms with van der Waals surface area (Å²) >= 11 is 0. The molecule has 3 atom stereocenters. The van der Waals surface area contributed by atoms with Gasteiger partial charge in [-0.05, 0) is 72.9 Å². The Labute approximate surface area is 218 Å². The number of carbonyl (C=O) groups is 1. The summed E-state index contributed by atoms with van der Waals surface area (Å²) in [5, 5.41) is 0.979. The molecule has 5 rings (SSSR count). The number of nitrogens with one attached hydrogen (secondary N) is 1. The van der Waals surface area contributed by atoms with Crippen molar-refractivity contribution in [2.45, 2.75) is 56.8 Å². The predicted molar refractivity (Wildman–Crippen MR) is 144 cm³/mol. The van der Waals surface area contributed by atoms with Crippen LogP contribution in [-0.4, -0.2) is 36.9 Å². The number of aryl methyl sites for hydroxylation is 1. The van der Waals surface area contributed by atoms with Crippen molar-refractivity contribution in [1.29, 1.82) is 0 Å². The van der Waals surface area contributed by atoms with Gasteiger partial charge < -0.3 is 9.47 Å². The molecule has 3 aromatic rings. The molecule has 2 fully saturated rings. The summed E-state index contributed by atoms with van der Waals surface area (Å²) in [6.45, 7) is 5.77. The summed E-state index contributed by atoms with van der Waals surface area (Å²) in [7, 11) is -2.07. The average molecular weight is 526 g/mol. The molecule has 1 saturated carbocycles. The van der Waals surface area contributed by atoms with Crippen molar-refractivity contribution in [1.82, 2.24) is 9.47 Å². The van der Waals surface area contributed by atoms with Crippen LogP contribution in [0.15, 0.2) is 53.6 Å². The van der Waals surface area contributed by atoms with E-state index in [1.54, 1.807) is 6.07 Å². The first-order valence-electron chi connectivity index (χ1n) is 13.3. The van der Waals surface area contributed by atoms with E-state index in [1.165, 1.54) is 31.0 Å². The molecule has 37 heavy (non-hydrogen) atoms. The summed E-state index contributed by atoms with van der Waals surface area (Å²) in [6, 6.07) is 10.8. The number of benzene rings is 2. The van der Waals surface area contributed by atoms with Gasteiger partial charge in [0.1, 0.15) is 10.7 Å². The zero-order valence-corrected chi connectivity index (χ0v) is 22.6. The normalized spacial score (nSPS) is 21.9. The third-order valence-electron chi connectivity index (χ3n) is 8.51. The van der Waals surface area contributed by atoms with Crippen LogP contribution in [0, 0.1) is 23.6 Å². The van der Waals surface area contributed by atoms with E-state index in [2.05, 4.69) is 34.2 Å². The van der Waals surface area contributed by atoms with Crippen LogP contribution < -0.4 is 4.72 Å². The number of hydrogen-bond donors (Lipinski definition) is 1. The van der Waals surface area contributed by atoms with Gasteiger partial charge in [-0.15, -0.1) is 0 Å². The molecule has 0 radical (unpaired) electrons. The number of carbonyl (C=O) groups excluding carboxylic acids is 1. The number of hydrogen-bond acceptors (Lipinski definition) is 3. The first kappa shape index (κ1) is 25.8. The van der Waals surface area contributed by atoms with Crippen molar-refractivity contribution < 1.29 is 17.6 Å². The highest BCUT2D eigenvalue weighted by Crippen LogP contribution is 2.40. The number of rotatable bonds is 6. The summed E-state index contributed by atoms with van der Waals surface area (Å²) in [6.07, 6.45) is 7.80. The second-order valence-electron chi connectivity index (χ2n) is 11.0. The van der Waals surface area contributed by atoms with Crippen LogP contribution in [0.1, 0.15) is 57.4 Å². The molecule has 1 amide bonds. The Kier molecular flexibility index (Phi) is 7.05. The van der Waals surface area contributed by atoms with Crippen LogP contribution in [0.5, 0.6) is 0 Å². The van der Waals surface area contributed by atoms with Crippen molar-refractivity contribution in [3.63, 3.8) is 0 Å². The maximum atomic E-state index is 14.2. The predicted octanol–water partition coefficient (Wildman–Crippen LogP) is 5.90.